The van der Waals surface area contributed by atoms with Gasteiger partial charge in [-0.2, -0.15) is 0 Å². The van der Waals surface area contributed by atoms with E-state index in [2.05, 4.69) is 58.9 Å². The molecule has 0 aliphatic carbocycles. The van der Waals surface area contributed by atoms with Gasteiger partial charge in [-0.25, -0.2) is 0 Å². The minimum atomic E-state index is -0.0634. The van der Waals surface area contributed by atoms with Gasteiger partial charge in [-0.1, -0.05) is 271 Å². The standard InChI is InChI=1S/C64H120O6/c1-6-11-15-18-21-22-23-24-25-26-27-28-31-38-45-54-63(66)69-57-60(49-41-34-29-19-16-12-7-2)52-44-37-33-40-47-55-64(67)70-58-61(50-42-35-30-20-17-13-8-3)51-43-36-32-39-46-53-62(65)68-56-59(10-5)48-14-9-4/h41-42,49-50,59-61H,6-40,43-48,51-58H2,1-5H3/b49-41+,50-42+. The van der Waals surface area contributed by atoms with E-state index in [0.29, 0.717) is 45.0 Å². The summed E-state index contributed by atoms with van der Waals surface area (Å²) in [6.07, 6.45) is 63.2. The second-order valence-corrected chi connectivity index (χ2v) is 21.6. The van der Waals surface area contributed by atoms with Gasteiger partial charge in [-0.3, -0.25) is 14.4 Å². The Morgan fingerprint density at radius 1 is 0.314 bits per heavy atom. The fourth-order valence-corrected chi connectivity index (χ4v) is 9.56. The topological polar surface area (TPSA) is 78.9 Å². The summed E-state index contributed by atoms with van der Waals surface area (Å²) < 4.78 is 17.3. The Morgan fingerprint density at radius 3 is 0.929 bits per heavy atom. The van der Waals surface area contributed by atoms with E-state index >= 15 is 0 Å². The van der Waals surface area contributed by atoms with Gasteiger partial charge in [0.05, 0.1) is 19.8 Å². The quantitative estimate of drug-likeness (QED) is 0.0261. The number of ether oxygens (including phenoxy) is 3. The zero-order valence-electron chi connectivity index (χ0n) is 47.6. The number of carbonyl (C=O) groups is 3. The number of hydrogen-bond donors (Lipinski definition) is 0. The minimum Gasteiger partial charge on any atom is -0.465 e. The third-order valence-electron chi connectivity index (χ3n) is 14.6. The Hall–Kier alpha value is -2.11. The van der Waals surface area contributed by atoms with Crippen molar-refractivity contribution in [3.05, 3.63) is 24.3 Å². The highest BCUT2D eigenvalue weighted by Gasteiger charge is 2.13. The zero-order valence-corrected chi connectivity index (χ0v) is 47.6. The first-order valence-electron chi connectivity index (χ1n) is 31.2. The third kappa shape index (κ3) is 50.8. The van der Waals surface area contributed by atoms with Crippen molar-refractivity contribution in [3.8, 4) is 0 Å². The molecule has 3 unspecified atom stereocenters. The van der Waals surface area contributed by atoms with Gasteiger partial charge >= 0.3 is 17.9 Å². The van der Waals surface area contributed by atoms with Crippen LogP contribution in [0.15, 0.2) is 24.3 Å². The number of allylic oxidation sites excluding steroid dienone is 2. The second-order valence-electron chi connectivity index (χ2n) is 21.6. The summed E-state index contributed by atoms with van der Waals surface area (Å²) in [6.45, 7) is 12.8. The van der Waals surface area contributed by atoms with E-state index < -0.39 is 0 Å². The summed E-state index contributed by atoms with van der Waals surface area (Å²) in [5, 5.41) is 0. The molecule has 0 aliphatic rings. The molecule has 0 amide bonds. The lowest BCUT2D eigenvalue weighted by molar-refractivity contribution is -0.146. The predicted molar refractivity (Wildman–Crippen MR) is 302 cm³/mol. The summed E-state index contributed by atoms with van der Waals surface area (Å²) in [5.41, 5.74) is 0. The zero-order chi connectivity index (χ0) is 51.1. The summed E-state index contributed by atoms with van der Waals surface area (Å²) in [5.74, 6) is 0.922. The van der Waals surface area contributed by atoms with E-state index in [9.17, 15) is 14.4 Å². The van der Waals surface area contributed by atoms with Crippen LogP contribution in [0.3, 0.4) is 0 Å². The van der Waals surface area contributed by atoms with Crippen molar-refractivity contribution >= 4 is 17.9 Å². The first kappa shape index (κ1) is 67.9. The van der Waals surface area contributed by atoms with Crippen LogP contribution in [0.5, 0.6) is 0 Å². The molecule has 0 rings (SSSR count). The lowest BCUT2D eigenvalue weighted by Crippen LogP contribution is -2.13. The van der Waals surface area contributed by atoms with E-state index in [1.807, 2.05) is 0 Å². The predicted octanol–water partition coefficient (Wildman–Crippen LogP) is 20.6. The van der Waals surface area contributed by atoms with E-state index in [4.69, 9.17) is 14.2 Å². The smallest absolute Gasteiger partial charge is 0.305 e. The number of esters is 3. The maximum Gasteiger partial charge on any atom is 0.305 e. The molecule has 0 aromatic rings. The Bertz CT molecular complexity index is 1160. The number of unbranched alkanes of at least 4 members (excludes halogenated alkanes) is 33. The molecule has 0 saturated heterocycles. The summed E-state index contributed by atoms with van der Waals surface area (Å²) in [7, 11) is 0. The Labute approximate surface area is 436 Å². The van der Waals surface area contributed by atoms with Crippen LogP contribution in [0, 0.1) is 17.8 Å². The van der Waals surface area contributed by atoms with Crippen molar-refractivity contribution in [1.29, 1.82) is 0 Å². The van der Waals surface area contributed by atoms with Gasteiger partial charge in [-0.05, 0) is 70.1 Å². The highest BCUT2D eigenvalue weighted by atomic mass is 16.5. The van der Waals surface area contributed by atoms with Gasteiger partial charge in [0.25, 0.3) is 0 Å². The molecule has 6 nitrogen and oxygen atoms in total. The van der Waals surface area contributed by atoms with E-state index in [-0.39, 0.29) is 29.7 Å². The molecule has 0 spiro atoms. The number of carbonyl (C=O) groups excluding carboxylic acids is 3. The maximum absolute atomic E-state index is 12.8. The van der Waals surface area contributed by atoms with Crippen molar-refractivity contribution in [2.24, 2.45) is 17.8 Å². The minimum absolute atomic E-state index is 0.0276. The normalized spacial score (nSPS) is 13.0. The Balaban J connectivity index is 4.52. The first-order valence-corrected chi connectivity index (χ1v) is 31.2. The van der Waals surface area contributed by atoms with Gasteiger partial charge in [0.15, 0.2) is 0 Å². The first-order chi connectivity index (χ1) is 34.4. The van der Waals surface area contributed by atoms with Crippen LogP contribution >= 0.6 is 0 Å². The second kappa shape index (κ2) is 56.2. The number of hydrogen-bond acceptors (Lipinski definition) is 6. The SMILES string of the molecule is CCCCCCC/C=C/C(CCCCCCCC(=O)OCC(/C=C/CCCCCCC)CCCCCCCC(=O)OCC(CC)CCCC)COC(=O)CCCCCCCCCCCCCCCCC. The average Bonchev–Trinajstić information content (AvgIpc) is 3.36. The van der Waals surface area contributed by atoms with Crippen LogP contribution in [-0.2, 0) is 28.6 Å². The maximum atomic E-state index is 12.8. The molecule has 70 heavy (non-hydrogen) atoms. The van der Waals surface area contributed by atoms with Crippen molar-refractivity contribution in [1.82, 2.24) is 0 Å². The van der Waals surface area contributed by atoms with Gasteiger partial charge in [0, 0.05) is 31.1 Å². The monoisotopic (exact) mass is 985 g/mol. The van der Waals surface area contributed by atoms with Gasteiger partial charge in [0.1, 0.15) is 0 Å². The van der Waals surface area contributed by atoms with Crippen molar-refractivity contribution in [2.45, 2.75) is 330 Å². The number of rotatable bonds is 56. The molecule has 0 saturated carbocycles. The molecular formula is C64H120O6. The van der Waals surface area contributed by atoms with Gasteiger partial charge in [0.2, 0.25) is 0 Å². The molecule has 0 aromatic heterocycles. The molecule has 0 bridgehead atoms. The molecule has 412 valence electrons. The molecule has 0 radical (unpaired) electrons. The van der Waals surface area contributed by atoms with Crippen LogP contribution in [-0.4, -0.2) is 37.7 Å². The van der Waals surface area contributed by atoms with E-state index in [0.717, 1.165) is 116 Å². The Kier molecular flexibility index (Phi) is 54.5. The van der Waals surface area contributed by atoms with Crippen molar-refractivity contribution < 1.29 is 28.6 Å². The fraction of sp³-hybridized carbons (Fsp3) is 0.891. The Morgan fingerprint density at radius 2 is 0.600 bits per heavy atom. The highest BCUT2D eigenvalue weighted by Crippen LogP contribution is 2.20. The molecule has 0 N–H and O–H groups in total. The van der Waals surface area contributed by atoms with Crippen LogP contribution in [0.1, 0.15) is 330 Å². The third-order valence-corrected chi connectivity index (χ3v) is 14.6. The van der Waals surface area contributed by atoms with Crippen molar-refractivity contribution in [2.75, 3.05) is 19.8 Å². The fourth-order valence-electron chi connectivity index (χ4n) is 9.56. The van der Waals surface area contributed by atoms with E-state index in [1.54, 1.807) is 0 Å². The van der Waals surface area contributed by atoms with Crippen LogP contribution < -0.4 is 0 Å². The molecule has 0 aromatic carbocycles. The van der Waals surface area contributed by atoms with E-state index in [1.165, 1.54) is 161 Å². The molecule has 0 heterocycles. The summed E-state index contributed by atoms with van der Waals surface area (Å²) in [4.78, 5) is 37.8. The average molecular weight is 986 g/mol. The van der Waals surface area contributed by atoms with Crippen molar-refractivity contribution in [3.63, 3.8) is 0 Å². The summed E-state index contributed by atoms with van der Waals surface area (Å²) >= 11 is 0. The highest BCUT2D eigenvalue weighted by molar-refractivity contribution is 5.70. The van der Waals surface area contributed by atoms with Gasteiger partial charge in [-0.15, -0.1) is 0 Å². The molecule has 0 fully saturated rings. The lowest BCUT2D eigenvalue weighted by Gasteiger charge is -2.15. The largest absolute Gasteiger partial charge is 0.465 e. The molecule has 3 atom stereocenters. The molecule has 6 heteroatoms. The molecular weight excluding hydrogens is 865 g/mol. The van der Waals surface area contributed by atoms with Crippen LogP contribution in [0.4, 0.5) is 0 Å². The summed E-state index contributed by atoms with van der Waals surface area (Å²) in [6, 6.07) is 0. The van der Waals surface area contributed by atoms with Crippen LogP contribution in [0.25, 0.3) is 0 Å². The molecule has 0 aliphatic heterocycles. The van der Waals surface area contributed by atoms with Crippen LogP contribution in [0.2, 0.25) is 0 Å². The lowest BCUT2D eigenvalue weighted by atomic mass is 9.99. The van der Waals surface area contributed by atoms with Gasteiger partial charge < -0.3 is 14.2 Å².